The fraction of sp³-hybridized carbons (Fsp3) is 0.267. The molecule has 4 rings (SSSR count). The Morgan fingerprint density at radius 1 is 0.975 bits per heavy atom. The first-order valence-electron chi connectivity index (χ1n) is 13.0. The molecular formula is C30H34N6O4. The lowest BCUT2D eigenvalue weighted by atomic mass is 10.1. The second kappa shape index (κ2) is 13.3. The number of amides is 1. The highest BCUT2D eigenvalue weighted by atomic mass is 16.5. The number of benzene rings is 2. The van der Waals surface area contributed by atoms with Gasteiger partial charge in [-0.05, 0) is 78.9 Å². The molecule has 40 heavy (non-hydrogen) atoms. The predicted molar refractivity (Wildman–Crippen MR) is 155 cm³/mol. The fourth-order valence-electron chi connectivity index (χ4n) is 4.05. The van der Waals surface area contributed by atoms with Gasteiger partial charge in [0, 0.05) is 43.8 Å². The standard InChI is InChI=1S/C30H34N6O4/c1-5-21-17-31-29(32-18-21)33-19-23-15-27(36(3)24-8-12-25(39-4)13-9-24)35-28(16-23)40-26-10-6-22(7-11-26)14-20(2)34-30(37)38/h6-13,15-18,20,34H,5,14,19H2,1-4H3,(H,37,38)(H,31,32,33). The van der Waals surface area contributed by atoms with Crippen LogP contribution in [0.5, 0.6) is 17.4 Å². The molecule has 0 spiro atoms. The van der Waals surface area contributed by atoms with Crippen LogP contribution in [-0.4, -0.2) is 46.4 Å². The van der Waals surface area contributed by atoms with Crippen molar-refractivity contribution in [3.8, 4) is 17.4 Å². The van der Waals surface area contributed by atoms with Crippen LogP contribution in [0.15, 0.2) is 73.1 Å². The highest BCUT2D eigenvalue weighted by Crippen LogP contribution is 2.29. The summed E-state index contributed by atoms with van der Waals surface area (Å²) in [5.74, 6) is 3.08. The van der Waals surface area contributed by atoms with Gasteiger partial charge in [0.05, 0.1) is 7.11 Å². The Hall–Kier alpha value is -4.86. The Balaban J connectivity index is 1.55. The van der Waals surface area contributed by atoms with Gasteiger partial charge in [-0.1, -0.05) is 19.1 Å². The van der Waals surface area contributed by atoms with E-state index in [1.807, 2.05) is 91.9 Å². The summed E-state index contributed by atoms with van der Waals surface area (Å²) < 4.78 is 11.5. The van der Waals surface area contributed by atoms with Crippen LogP contribution < -0.4 is 25.0 Å². The molecule has 0 bridgehead atoms. The Morgan fingerprint density at radius 3 is 2.27 bits per heavy atom. The number of carboxylic acid groups (broad SMARTS) is 1. The molecule has 2 aromatic heterocycles. The molecule has 3 N–H and O–H groups in total. The van der Waals surface area contributed by atoms with Crippen molar-refractivity contribution in [2.24, 2.45) is 0 Å². The van der Waals surface area contributed by atoms with E-state index in [4.69, 9.17) is 19.6 Å². The van der Waals surface area contributed by atoms with Crippen molar-refractivity contribution >= 4 is 23.5 Å². The number of nitrogens with one attached hydrogen (secondary N) is 2. The number of hydrogen-bond donors (Lipinski definition) is 3. The molecule has 10 heteroatoms. The minimum atomic E-state index is -1.03. The molecule has 0 radical (unpaired) electrons. The molecule has 0 aliphatic carbocycles. The largest absolute Gasteiger partial charge is 0.497 e. The van der Waals surface area contributed by atoms with Crippen LogP contribution in [0, 0.1) is 0 Å². The molecule has 0 aliphatic heterocycles. The highest BCUT2D eigenvalue weighted by molar-refractivity contribution is 5.64. The SMILES string of the molecule is CCc1cnc(NCc2cc(Oc3ccc(CC(C)NC(=O)O)cc3)nc(N(C)c3ccc(OC)cc3)c2)nc1. The lowest BCUT2D eigenvalue weighted by molar-refractivity contribution is 0.190. The van der Waals surface area contributed by atoms with Crippen LogP contribution in [-0.2, 0) is 19.4 Å². The van der Waals surface area contributed by atoms with Crippen molar-refractivity contribution in [3.05, 3.63) is 89.7 Å². The lowest BCUT2D eigenvalue weighted by Gasteiger charge is -2.20. The lowest BCUT2D eigenvalue weighted by Crippen LogP contribution is -2.32. The summed E-state index contributed by atoms with van der Waals surface area (Å²) in [6.45, 7) is 4.36. The van der Waals surface area contributed by atoms with Gasteiger partial charge in [-0.3, -0.25) is 0 Å². The van der Waals surface area contributed by atoms with Crippen molar-refractivity contribution in [2.45, 2.75) is 39.3 Å². The van der Waals surface area contributed by atoms with Gasteiger partial charge < -0.3 is 30.1 Å². The number of aromatic nitrogens is 3. The topological polar surface area (TPSA) is 122 Å². The quantitative estimate of drug-likeness (QED) is 0.203. The molecular weight excluding hydrogens is 508 g/mol. The average Bonchev–Trinajstić information content (AvgIpc) is 2.96. The Morgan fingerprint density at radius 2 is 1.65 bits per heavy atom. The molecule has 1 unspecified atom stereocenters. The van der Waals surface area contributed by atoms with Crippen molar-refractivity contribution in [1.29, 1.82) is 0 Å². The minimum absolute atomic E-state index is 0.201. The predicted octanol–water partition coefficient (Wildman–Crippen LogP) is 5.81. The molecule has 208 valence electrons. The molecule has 0 fully saturated rings. The zero-order valence-corrected chi connectivity index (χ0v) is 23.1. The van der Waals surface area contributed by atoms with Gasteiger partial charge in [-0.15, -0.1) is 0 Å². The number of nitrogens with zero attached hydrogens (tertiary/aromatic N) is 4. The molecule has 10 nitrogen and oxygen atoms in total. The summed E-state index contributed by atoms with van der Waals surface area (Å²) in [6.07, 6.45) is 4.06. The molecule has 0 aliphatic rings. The number of rotatable bonds is 12. The first-order valence-corrected chi connectivity index (χ1v) is 13.0. The summed E-state index contributed by atoms with van der Waals surface area (Å²) in [4.78, 5) is 26.4. The molecule has 0 saturated heterocycles. The molecule has 2 heterocycles. The zero-order chi connectivity index (χ0) is 28.5. The molecule has 2 aromatic carbocycles. The third kappa shape index (κ3) is 7.83. The summed E-state index contributed by atoms with van der Waals surface area (Å²) in [5.41, 5.74) is 3.95. The van der Waals surface area contributed by atoms with Gasteiger partial charge in [0.2, 0.25) is 11.8 Å². The Kier molecular flexibility index (Phi) is 9.35. The van der Waals surface area contributed by atoms with Crippen molar-refractivity contribution in [3.63, 3.8) is 0 Å². The van der Waals surface area contributed by atoms with E-state index < -0.39 is 6.09 Å². The van der Waals surface area contributed by atoms with Crippen LogP contribution in [0.1, 0.15) is 30.5 Å². The first kappa shape index (κ1) is 28.2. The highest BCUT2D eigenvalue weighted by Gasteiger charge is 2.12. The maximum Gasteiger partial charge on any atom is 0.404 e. The third-order valence-electron chi connectivity index (χ3n) is 6.27. The smallest absolute Gasteiger partial charge is 0.404 e. The number of carbonyl (C=O) groups is 1. The number of ether oxygens (including phenoxy) is 2. The fourth-order valence-corrected chi connectivity index (χ4v) is 4.05. The normalized spacial score (nSPS) is 11.4. The van der Waals surface area contributed by atoms with Gasteiger partial charge in [0.15, 0.2) is 0 Å². The second-order valence-electron chi connectivity index (χ2n) is 9.35. The van der Waals surface area contributed by atoms with Gasteiger partial charge in [0.1, 0.15) is 17.3 Å². The summed E-state index contributed by atoms with van der Waals surface area (Å²) in [5, 5.41) is 14.7. The van der Waals surface area contributed by atoms with E-state index in [1.54, 1.807) is 7.11 Å². The molecule has 1 amide bonds. The molecule has 0 saturated carbocycles. The van der Waals surface area contributed by atoms with E-state index in [0.717, 1.165) is 34.5 Å². The molecule has 1 atom stereocenters. The van der Waals surface area contributed by atoms with Crippen molar-refractivity contribution in [2.75, 3.05) is 24.4 Å². The Labute approximate surface area is 234 Å². The number of aryl methyl sites for hydroxylation is 1. The van der Waals surface area contributed by atoms with Crippen LogP contribution in [0.4, 0.5) is 22.2 Å². The average molecular weight is 543 g/mol. The van der Waals surface area contributed by atoms with E-state index in [2.05, 4.69) is 27.5 Å². The number of pyridine rings is 1. The van der Waals surface area contributed by atoms with Gasteiger partial charge >= 0.3 is 6.09 Å². The maximum atomic E-state index is 10.9. The van der Waals surface area contributed by atoms with Crippen molar-refractivity contribution in [1.82, 2.24) is 20.3 Å². The van der Waals surface area contributed by atoms with Crippen LogP contribution in [0.25, 0.3) is 0 Å². The number of methoxy groups -OCH3 is 1. The number of hydrogen-bond acceptors (Lipinski definition) is 8. The second-order valence-corrected chi connectivity index (χ2v) is 9.35. The van der Waals surface area contributed by atoms with Crippen LogP contribution in [0.3, 0.4) is 0 Å². The van der Waals surface area contributed by atoms with E-state index in [1.165, 1.54) is 0 Å². The molecule has 4 aromatic rings. The summed E-state index contributed by atoms with van der Waals surface area (Å²) in [7, 11) is 3.58. The zero-order valence-electron chi connectivity index (χ0n) is 23.1. The van der Waals surface area contributed by atoms with Gasteiger partial charge in [-0.2, -0.15) is 4.98 Å². The first-order chi connectivity index (χ1) is 19.3. The van der Waals surface area contributed by atoms with Crippen molar-refractivity contribution < 1.29 is 19.4 Å². The summed E-state index contributed by atoms with van der Waals surface area (Å²) in [6, 6.07) is 19.0. The van der Waals surface area contributed by atoms with Crippen LogP contribution >= 0.6 is 0 Å². The summed E-state index contributed by atoms with van der Waals surface area (Å²) >= 11 is 0. The minimum Gasteiger partial charge on any atom is -0.497 e. The van der Waals surface area contributed by atoms with Crippen LogP contribution in [0.2, 0.25) is 0 Å². The monoisotopic (exact) mass is 542 g/mol. The maximum absolute atomic E-state index is 10.9. The van der Waals surface area contributed by atoms with Gasteiger partial charge in [0.25, 0.3) is 0 Å². The van der Waals surface area contributed by atoms with E-state index >= 15 is 0 Å². The third-order valence-corrected chi connectivity index (χ3v) is 6.27. The van der Waals surface area contributed by atoms with E-state index in [-0.39, 0.29) is 6.04 Å². The van der Waals surface area contributed by atoms with Gasteiger partial charge in [-0.25, -0.2) is 14.8 Å². The Bertz CT molecular complexity index is 1400. The van der Waals surface area contributed by atoms with E-state index in [9.17, 15) is 4.79 Å². The number of anilines is 3. The van der Waals surface area contributed by atoms with E-state index in [0.29, 0.717) is 36.4 Å².